The molecule has 29 heavy (non-hydrogen) atoms. The Morgan fingerprint density at radius 2 is 1.83 bits per heavy atom. The third kappa shape index (κ3) is 4.48. The summed E-state index contributed by atoms with van der Waals surface area (Å²) >= 11 is 0. The molecule has 1 fully saturated rings. The summed E-state index contributed by atoms with van der Waals surface area (Å²) in [4.78, 5) is 4.86. The van der Waals surface area contributed by atoms with Gasteiger partial charge in [0.25, 0.3) is 0 Å². The molecular weight excluding hydrogens is 365 g/mol. The van der Waals surface area contributed by atoms with E-state index in [-0.39, 0.29) is 5.82 Å². The van der Waals surface area contributed by atoms with E-state index in [2.05, 4.69) is 62.8 Å². The standard InChI is InChI=1S/C23H28FN5/c1-3-28-17-25-26-23(28)16-27(2)21-11-13-29(14-12-21)22-6-4-5-19(15-22)18-7-9-20(24)10-8-18/h4-10,15,17,21H,3,11-14,16H2,1-2H3. The average molecular weight is 394 g/mol. The Hall–Kier alpha value is -2.73. The lowest BCUT2D eigenvalue weighted by atomic mass is 10.0. The van der Waals surface area contributed by atoms with Crippen LogP contribution in [0.3, 0.4) is 0 Å². The quantitative estimate of drug-likeness (QED) is 0.629. The van der Waals surface area contributed by atoms with Gasteiger partial charge in [-0.05, 0) is 62.2 Å². The van der Waals surface area contributed by atoms with Crippen molar-refractivity contribution in [2.75, 3.05) is 25.0 Å². The van der Waals surface area contributed by atoms with Gasteiger partial charge in [-0.15, -0.1) is 10.2 Å². The predicted molar refractivity (Wildman–Crippen MR) is 114 cm³/mol. The van der Waals surface area contributed by atoms with E-state index in [1.54, 1.807) is 6.33 Å². The summed E-state index contributed by atoms with van der Waals surface area (Å²) in [5.41, 5.74) is 3.40. The second-order valence-electron chi connectivity index (χ2n) is 7.72. The molecule has 0 radical (unpaired) electrons. The molecule has 2 heterocycles. The molecule has 0 spiro atoms. The fraction of sp³-hybridized carbons (Fsp3) is 0.391. The topological polar surface area (TPSA) is 37.2 Å². The number of anilines is 1. The van der Waals surface area contributed by atoms with Crippen molar-refractivity contribution in [1.82, 2.24) is 19.7 Å². The van der Waals surface area contributed by atoms with Gasteiger partial charge in [0.15, 0.2) is 0 Å². The van der Waals surface area contributed by atoms with Crippen molar-refractivity contribution in [3.05, 3.63) is 66.5 Å². The van der Waals surface area contributed by atoms with Gasteiger partial charge in [0.05, 0.1) is 6.54 Å². The third-order valence-electron chi connectivity index (χ3n) is 5.90. The van der Waals surface area contributed by atoms with Gasteiger partial charge in [0, 0.05) is 31.4 Å². The van der Waals surface area contributed by atoms with Crippen molar-refractivity contribution in [3.8, 4) is 11.1 Å². The van der Waals surface area contributed by atoms with Gasteiger partial charge in [0.2, 0.25) is 0 Å². The van der Waals surface area contributed by atoms with Gasteiger partial charge in [-0.3, -0.25) is 4.90 Å². The number of hydrogen-bond acceptors (Lipinski definition) is 4. The van der Waals surface area contributed by atoms with E-state index in [1.807, 2.05) is 12.1 Å². The molecule has 1 aliphatic heterocycles. The van der Waals surface area contributed by atoms with Crippen LogP contribution in [0.4, 0.5) is 10.1 Å². The summed E-state index contributed by atoms with van der Waals surface area (Å²) in [7, 11) is 2.18. The lowest BCUT2D eigenvalue weighted by Crippen LogP contribution is -2.43. The van der Waals surface area contributed by atoms with Crippen LogP contribution in [0.2, 0.25) is 0 Å². The van der Waals surface area contributed by atoms with E-state index in [1.165, 1.54) is 17.8 Å². The van der Waals surface area contributed by atoms with E-state index in [4.69, 9.17) is 0 Å². The lowest BCUT2D eigenvalue weighted by Gasteiger charge is -2.37. The van der Waals surface area contributed by atoms with Crippen LogP contribution < -0.4 is 4.90 Å². The summed E-state index contributed by atoms with van der Waals surface area (Å²) in [6.45, 7) is 5.91. The zero-order chi connectivity index (χ0) is 20.2. The zero-order valence-electron chi connectivity index (χ0n) is 17.1. The molecule has 0 saturated carbocycles. The number of benzene rings is 2. The maximum atomic E-state index is 13.2. The van der Waals surface area contributed by atoms with Crippen molar-refractivity contribution in [2.45, 2.75) is 38.9 Å². The fourth-order valence-electron chi connectivity index (χ4n) is 4.11. The molecule has 5 nitrogen and oxygen atoms in total. The van der Waals surface area contributed by atoms with Crippen LogP contribution in [0.15, 0.2) is 54.9 Å². The first-order valence-electron chi connectivity index (χ1n) is 10.3. The van der Waals surface area contributed by atoms with E-state index in [0.717, 1.165) is 56.0 Å². The second kappa shape index (κ2) is 8.74. The first-order valence-corrected chi connectivity index (χ1v) is 10.3. The molecule has 0 bridgehead atoms. The molecule has 6 heteroatoms. The molecule has 0 unspecified atom stereocenters. The summed E-state index contributed by atoms with van der Waals surface area (Å²) in [6.07, 6.45) is 4.05. The Bertz CT molecular complexity index is 928. The number of nitrogens with zero attached hydrogens (tertiary/aromatic N) is 5. The highest BCUT2D eigenvalue weighted by molar-refractivity contribution is 5.68. The SMILES string of the molecule is CCn1cnnc1CN(C)C1CCN(c2cccc(-c3ccc(F)cc3)c2)CC1. The van der Waals surface area contributed by atoms with Gasteiger partial charge in [-0.25, -0.2) is 4.39 Å². The monoisotopic (exact) mass is 393 g/mol. The minimum atomic E-state index is -0.201. The number of aromatic nitrogens is 3. The molecule has 1 saturated heterocycles. The Morgan fingerprint density at radius 3 is 2.55 bits per heavy atom. The smallest absolute Gasteiger partial charge is 0.146 e. The van der Waals surface area contributed by atoms with Gasteiger partial charge in [-0.1, -0.05) is 24.3 Å². The maximum Gasteiger partial charge on any atom is 0.146 e. The minimum Gasteiger partial charge on any atom is -0.371 e. The van der Waals surface area contributed by atoms with Gasteiger partial charge < -0.3 is 9.47 Å². The zero-order valence-corrected chi connectivity index (χ0v) is 17.1. The van der Waals surface area contributed by atoms with Crippen LogP contribution in [0.1, 0.15) is 25.6 Å². The van der Waals surface area contributed by atoms with Gasteiger partial charge in [-0.2, -0.15) is 0 Å². The maximum absolute atomic E-state index is 13.2. The molecule has 1 aliphatic rings. The summed E-state index contributed by atoms with van der Waals surface area (Å²) in [6, 6.07) is 15.8. The van der Waals surface area contributed by atoms with Crippen LogP contribution in [0.25, 0.3) is 11.1 Å². The van der Waals surface area contributed by atoms with Crippen LogP contribution in [0.5, 0.6) is 0 Å². The lowest BCUT2D eigenvalue weighted by molar-refractivity contribution is 0.193. The number of piperidine rings is 1. The highest BCUT2D eigenvalue weighted by atomic mass is 19.1. The molecule has 2 aromatic carbocycles. The highest BCUT2D eigenvalue weighted by Crippen LogP contribution is 2.28. The first kappa shape index (κ1) is 19.6. The second-order valence-corrected chi connectivity index (χ2v) is 7.72. The van der Waals surface area contributed by atoms with Gasteiger partial charge >= 0.3 is 0 Å². The molecule has 0 atom stereocenters. The van der Waals surface area contributed by atoms with Crippen molar-refractivity contribution < 1.29 is 4.39 Å². The van der Waals surface area contributed by atoms with Crippen LogP contribution in [0, 0.1) is 5.82 Å². The normalized spacial score (nSPS) is 15.2. The van der Waals surface area contributed by atoms with E-state index in [0.29, 0.717) is 6.04 Å². The number of hydrogen-bond donors (Lipinski definition) is 0. The number of aryl methyl sites for hydroxylation is 1. The Morgan fingerprint density at radius 1 is 1.07 bits per heavy atom. The van der Waals surface area contributed by atoms with Crippen molar-refractivity contribution in [2.24, 2.45) is 0 Å². The Labute approximate surface area is 171 Å². The van der Waals surface area contributed by atoms with Crippen molar-refractivity contribution >= 4 is 5.69 Å². The number of rotatable bonds is 6. The highest BCUT2D eigenvalue weighted by Gasteiger charge is 2.23. The minimum absolute atomic E-state index is 0.201. The molecule has 3 aromatic rings. The van der Waals surface area contributed by atoms with Gasteiger partial charge in [0.1, 0.15) is 18.0 Å². The first-order chi connectivity index (χ1) is 14.1. The fourth-order valence-corrected chi connectivity index (χ4v) is 4.11. The predicted octanol–water partition coefficient (Wildman–Crippen LogP) is 4.20. The van der Waals surface area contributed by atoms with Crippen LogP contribution >= 0.6 is 0 Å². The van der Waals surface area contributed by atoms with E-state index < -0.39 is 0 Å². The molecule has 0 N–H and O–H groups in total. The summed E-state index contributed by atoms with van der Waals surface area (Å²) in [5.74, 6) is 0.831. The van der Waals surface area contributed by atoms with E-state index >= 15 is 0 Å². The molecule has 0 aliphatic carbocycles. The molecule has 152 valence electrons. The van der Waals surface area contributed by atoms with Crippen molar-refractivity contribution in [3.63, 3.8) is 0 Å². The summed E-state index contributed by atoms with van der Waals surface area (Å²) < 4.78 is 15.3. The van der Waals surface area contributed by atoms with Crippen LogP contribution in [-0.2, 0) is 13.1 Å². The average Bonchev–Trinajstić information content (AvgIpc) is 3.21. The molecular formula is C23H28FN5. The largest absolute Gasteiger partial charge is 0.371 e. The Balaban J connectivity index is 1.38. The Kier molecular flexibility index (Phi) is 5.90. The third-order valence-corrected chi connectivity index (χ3v) is 5.90. The number of halogens is 1. The van der Waals surface area contributed by atoms with Crippen LogP contribution in [-0.4, -0.2) is 45.8 Å². The molecule has 1 aromatic heterocycles. The molecule has 0 amide bonds. The summed E-state index contributed by atoms with van der Waals surface area (Å²) in [5, 5.41) is 8.30. The van der Waals surface area contributed by atoms with Crippen molar-refractivity contribution in [1.29, 1.82) is 0 Å². The van der Waals surface area contributed by atoms with E-state index in [9.17, 15) is 4.39 Å². The molecule has 4 rings (SSSR count).